The summed E-state index contributed by atoms with van der Waals surface area (Å²) in [6.45, 7) is 0. The molecule has 0 saturated heterocycles. The van der Waals surface area contributed by atoms with Crippen LogP contribution >= 0.6 is 27.7 Å². The largest absolute Gasteiger partial charge is 0.223 e. The summed E-state index contributed by atoms with van der Waals surface area (Å²) in [7, 11) is 1.76. The van der Waals surface area contributed by atoms with E-state index in [2.05, 4.69) is 37.5 Å². The molecule has 1 heterocycles. The fourth-order valence-corrected chi connectivity index (χ4v) is 2.44. The molecule has 0 spiro atoms. The van der Waals surface area contributed by atoms with Crippen LogP contribution in [0.1, 0.15) is 5.56 Å². The summed E-state index contributed by atoms with van der Waals surface area (Å²) in [5.74, 6) is 0. The average Bonchev–Trinajstić information content (AvgIpc) is 2.65. The van der Waals surface area contributed by atoms with E-state index in [1.165, 1.54) is 11.8 Å². The van der Waals surface area contributed by atoms with Crippen molar-refractivity contribution >= 4 is 27.7 Å². The molecule has 2 rings (SSSR count). The SMILES string of the molecule is Cn1nnnc1Sc1cc(Br)ccc1C#N. The molecule has 0 radical (unpaired) electrons. The van der Waals surface area contributed by atoms with Gasteiger partial charge in [-0.05, 0) is 40.4 Å². The van der Waals surface area contributed by atoms with Gasteiger partial charge >= 0.3 is 0 Å². The van der Waals surface area contributed by atoms with Crippen molar-refractivity contribution < 1.29 is 0 Å². The number of halogens is 1. The highest BCUT2D eigenvalue weighted by Crippen LogP contribution is 2.30. The molecule has 1 aromatic heterocycles. The summed E-state index contributed by atoms with van der Waals surface area (Å²) in [6.07, 6.45) is 0. The number of benzene rings is 1. The van der Waals surface area contributed by atoms with E-state index in [1.807, 2.05) is 12.1 Å². The molecule has 2 aromatic rings. The Morgan fingerprint density at radius 2 is 2.31 bits per heavy atom. The molecule has 80 valence electrons. The molecule has 7 heteroatoms. The zero-order chi connectivity index (χ0) is 11.5. The van der Waals surface area contributed by atoms with E-state index >= 15 is 0 Å². The fourth-order valence-electron chi connectivity index (χ4n) is 1.08. The summed E-state index contributed by atoms with van der Waals surface area (Å²) in [6, 6.07) is 7.60. The summed E-state index contributed by atoms with van der Waals surface area (Å²) in [4.78, 5) is 0.828. The molecule has 16 heavy (non-hydrogen) atoms. The van der Waals surface area contributed by atoms with Crippen molar-refractivity contribution in [2.45, 2.75) is 10.1 Å². The second-order valence-corrected chi connectivity index (χ2v) is 4.86. The highest BCUT2D eigenvalue weighted by Gasteiger charge is 2.09. The van der Waals surface area contributed by atoms with Gasteiger partial charge in [-0.25, -0.2) is 4.68 Å². The van der Waals surface area contributed by atoms with E-state index in [9.17, 15) is 0 Å². The van der Waals surface area contributed by atoms with Crippen LogP contribution in [0, 0.1) is 11.3 Å². The Morgan fingerprint density at radius 3 is 2.94 bits per heavy atom. The minimum absolute atomic E-state index is 0.608. The second-order valence-electron chi connectivity index (χ2n) is 2.94. The van der Waals surface area contributed by atoms with Crippen LogP contribution in [-0.4, -0.2) is 20.2 Å². The minimum Gasteiger partial charge on any atom is -0.223 e. The van der Waals surface area contributed by atoms with E-state index in [0.717, 1.165) is 9.37 Å². The van der Waals surface area contributed by atoms with Crippen molar-refractivity contribution in [3.8, 4) is 6.07 Å². The van der Waals surface area contributed by atoms with Gasteiger partial charge in [0.15, 0.2) is 0 Å². The maximum Gasteiger partial charge on any atom is 0.213 e. The van der Waals surface area contributed by atoms with Crippen LogP contribution in [0.25, 0.3) is 0 Å². The first kappa shape index (κ1) is 11.1. The molecule has 0 saturated carbocycles. The Hall–Kier alpha value is -1.39. The average molecular weight is 296 g/mol. The lowest BCUT2D eigenvalue weighted by Gasteiger charge is -2.02. The van der Waals surface area contributed by atoms with Gasteiger partial charge in [0.1, 0.15) is 6.07 Å². The van der Waals surface area contributed by atoms with Crippen LogP contribution in [0.3, 0.4) is 0 Å². The Bertz CT molecular complexity index is 559. The van der Waals surface area contributed by atoms with E-state index in [0.29, 0.717) is 10.7 Å². The van der Waals surface area contributed by atoms with Gasteiger partial charge in [0.2, 0.25) is 5.16 Å². The first-order valence-corrected chi connectivity index (χ1v) is 5.91. The van der Waals surface area contributed by atoms with Gasteiger partial charge in [-0.3, -0.25) is 0 Å². The lowest BCUT2D eigenvalue weighted by atomic mass is 10.2. The van der Waals surface area contributed by atoms with E-state index in [-0.39, 0.29) is 0 Å². The van der Waals surface area contributed by atoms with Crippen LogP contribution in [0.5, 0.6) is 0 Å². The zero-order valence-corrected chi connectivity index (χ0v) is 10.7. The Labute approximate surface area is 105 Å². The number of hydrogen-bond donors (Lipinski definition) is 0. The summed E-state index contributed by atoms with van der Waals surface area (Å²) in [5.41, 5.74) is 0.608. The van der Waals surface area contributed by atoms with Crippen LogP contribution in [-0.2, 0) is 7.05 Å². The zero-order valence-electron chi connectivity index (χ0n) is 8.25. The fraction of sp³-hybridized carbons (Fsp3) is 0.111. The summed E-state index contributed by atoms with van der Waals surface area (Å²) in [5, 5.41) is 20.7. The van der Waals surface area contributed by atoms with Crippen molar-refractivity contribution in [2.24, 2.45) is 7.05 Å². The predicted molar refractivity (Wildman–Crippen MR) is 61.8 cm³/mol. The molecular weight excluding hydrogens is 290 g/mol. The third-order valence-electron chi connectivity index (χ3n) is 1.85. The molecule has 1 aromatic carbocycles. The molecular formula is C9H6BrN5S. The number of rotatable bonds is 2. The first-order valence-electron chi connectivity index (χ1n) is 4.30. The molecule has 0 amide bonds. The first-order chi connectivity index (χ1) is 7.70. The van der Waals surface area contributed by atoms with Gasteiger partial charge in [-0.1, -0.05) is 15.9 Å². The van der Waals surface area contributed by atoms with Gasteiger partial charge in [0.25, 0.3) is 0 Å². The van der Waals surface area contributed by atoms with Gasteiger partial charge in [-0.2, -0.15) is 5.26 Å². The number of aryl methyl sites for hydroxylation is 1. The van der Waals surface area contributed by atoms with Crippen molar-refractivity contribution in [3.05, 3.63) is 28.2 Å². The van der Waals surface area contributed by atoms with Crippen LogP contribution in [0.15, 0.2) is 32.7 Å². The Balaban J connectivity index is 2.38. The quantitative estimate of drug-likeness (QED) is 0.848. The topological polar surface area (TPSA) is 67.4 Å². The maximum atomic E-state index is 8.97. The molecule has 0 fully saturated rings. The molecule has 0 N–H and O–H groups in total. The van der Waals surface area contributed by atoms with E-state index in [4.69, 9.17) is 5.26 Å². The predicted octanol–water partition coefficient (Wildman–Crippen LogP) is 2.00. The number of tetrazole rings is 1. The molecule has 5 nitrogen and oxygen atoms in total. The third kappa shape index (κ3) is 2.23. The molecule has 0 unspecified atom stereocenters. The number of hydrogen-bond acceptors (Lipinski definition) is 5. The summed E-state index contributed by atoms with van der Waals surface area (Å²) < 4.78 is 2.48. The standard InChI is InChI=1S/C9H6BrN5S/c1-15-9(12-13-14-15)16-8-4-7(10)3-2-6(8)5-11/h2-4H,1H3. The number of aromatic nitrogens is 4. The molecule has 0 aliphatic rings. The van der Waals surface area contributed by atoms with Crippen LogP contribution in [0.2, 0.25) is 0 Å². The maximum absolute atomic E-state index is 8.97. The van der Waals surface area contributed by atoms with Gasteiger partial charge in [-0.15, -0.1) is 5.10 Å². The van der Waals surface area contributed by atoms with Crippen molar-refractivity contribution in [1.82, 2.24) is 20.2 Å². The Kier molecular flexibility index (Phi) is 3.22. The van der Waals surface area contributed by atoms with Gasteiger partial charge in [0, 0.05) is 16.4 Å². The smallest absolute Gasteiger partial charge is 0.213 e. The second kappa shape index (κ2) is 4.63. The molecule has 0 aliphatic heterocycles. The van der Waals surface area contributed by atoms with Gasteiger partial charge in [0.05, 0.1) is 5.56 Å². The van der Waals surface area contributed by atoms with E-state index < -0.39 is 0 Å². The number of nitrogens with zero attached hydrogens (tertiary/aromatic N) is 5. The lowest BCUT2D eigenvalue weighted by Crippen LogP contribution is -1.93. The summed E-state index contributed by atoms with van der Waals surface area (Å²) >= 11 is 4.73. The number of nitriles is 1. The highest BCUT2D eigenvalue weighted by atomic mass is 79.9. The van der Waals surface area contributed by atoms with Crippen molar-refractivity contribution in [1.29, 1.82) is 5.26 Å². The lowest BCUT2D eigenvalue weighted by molar-refractivity contribution is 0.664. The van der Waals surface area contributed by atoms with Crippen LogP contribution < -0.4 is 0 Å². The monoisotopic (exact) mass is 295 g/mol. The third-order valence-corrected chi connectivity index (χ3v) is 3.43. The van der Waals surface area contributed by atoms with Crippen molar-refractivity contribution in [2.75, 3.05) is 0 Å². The highest BCUT2D eigenvalue weighted by molar-refractivity contribution is 9.10. The normalized spacial score (nSPS) is 10.1. The minimum atomic E-state index is 0.608. The molecule has 0 aliphatic carbocycles. The van der Waals surface area contributed by atoms with Crippen molar-refractivity contribution in [3.63, 3.8) is 0 Å². The van der Waals surface area contributed by atoms with E-state index in [1.54, 1.807) is 17.8 Å². The molecule has 0 bridgehead atoms. The Morgan fingerprint density at radius 1 is 1.50 bits per heavy atom. The van der Waals surface area contributed by atoms with Crippen LogP contribution in [0.4, 0.5) is 0 Å². The van der Waals surface area contributed by atoms with Gasteiger partial charge < -0.3 is 0 Å². The molecule has 0 atom stereocenters.